The van der Waals surface area contributed by atoms with E-state index < -0.39 is 10.0 Å². The molecule has 7 nitrogen and oxygen atoms in total. The monoisotopic (exact) mass is 371 g/mol. The molecule has 0 bridgehead atoms. The maximum Gasteiger partial charge on any atom is 0.256 e. The molecule has 1 N–H and O–H groups in total. The van der Waals surface area contributed by atoms with Gasteiger partial charge in [0.2, 0.25) is 10.0 Å². The number of hydrogen-bond acceptors (Lipinski definition) is 5. The van der Waals surface area contributed by atoms with E-state index in [1.165, 1.54) is 4.31 Å². The number of furan rings is 1. The largest absolute Gasteiger partial charge is 0.460 e. The predicted molar refractivity (Wildman–Crippen MR) is 97.1 cm³/mol. The van der Waals surface area contributed by atoms with Gasteiger partial charge in [-0.3, -0.25) is 4.79 Å². The average molecular weight is 371 g/mol. The lowest BCUT2D eigenvalue weighted by Gasteiger charge is -2.16. The molecule has 0 spiro atoms. The van der Waals surface area contributed by atoms with Crippen molar-refractivity contribution in [2.75, 3.05) is 18.1 Å². The zero-order valence-electron chi connectivity index (χ0n) is 14.1. The third kappa shape index (κ3) is 3.85. The Kier molecular flexibility index (Phi) is 4.93. The normalized spacial score (nSPS) is 15.1. The van der Waals surface area contributed by atoms with E-state index in [9.17, 15) is 13.2 Å². The van der Waals surface area contributed by atoms with Gasteiger partial charge in [0.25, 0.3) is 5.91 Å². The number of rotatable bonds is 6. The fourth-order valence-electron chi connectivity index (χ4n) is 2.69. The predicted octanol–water partition coefficient (Wildman–Crippen LogP) is 2.45. The first kappa shape index (κ1) is 17.9. The number of anilines is 1. The first-order valence-electron chi connectivity index (χ1n) is 7.92. The minimum Gasteiger partial charge on any atom is -0.460 e. The molecular formula is C18H17N3O4S. The van der Waals surface area contributed by atoms with Crippen molar-refractivity contribution in [2.24, 2.45) is 0 Å². The van der Waals surface area contributed by atoms with Crippen molar-refractivity contribution in [3.05, 3.63) is 53.5 Å². The van der Waals surface area contributed by atoms with E-state index in [1.54, 1.807) is 18.2 Å². The van der Waals surface area contributed by atoms with Crippen LogP contribution in [0.25, 0.3) is 11.6 Å². The molecule has 0 saturated heterocycles. The summed E-state index contributed by atoms with van der Waals surface area (Å²) in [7, 11) is -3.45. The molecule has 0 unspecified atom stereocenters. The molecule has 0 atom stereocenters. The average Bonchev–Trinajstić information content (AvgIpc) is 3.15. The smallest absolute Gasteiger partial charge is 0.256 e. The van der Waals surface area contributed by atoms with Crippen molar-refractivity contribution >= 4 is 33.3 Å². The van der Waals surface area contributed by atoms with Crippen LogP contribution in [0, 0.1) is 11.3 Å². The highest BCUT2D eigenvalue weighted by molar-refractivity contribution is 7.88. The molecule has 1 aliphatic rings. The quantitative estimate of drug-likeness (QED) is 0.786. The van der Waals surface area contributed by atoms with Crippen LogP contribution in [0.3, 0.4) is 0 Å². The summed E-state index contributed by atoms with van der Waals surface area (Å²) >= 11 is 0. The number of carbonyl (C=O) groups excluding carboxylic acids is 1. The van der Waals surface area contributed by atoms with Gasteiger partial charge in [-0.15, -0.1) is 0 Å². The Bertz CT molecular complexity index is 1020. The summed E-state index contributed by atoms with van der Waals surface area (Å²) in [4.78, 5) is 12.1. The molecule has 8 heteroatoms. The highest BCUT2D eigenvalue weighted by Crippen LogP contribution is 2.32. The highest BCUT2D eigenvalue weighted by atomic mass is 32.2. The van der Waals surface area contributed by atoms with Gasteiger partial charge in [-0.05, 0) is 24.3 Å². The van der Waals surface area contributed by atoms with Gasteiger partial charge >= 0.3 is 0 Å². The first-order chi connectivity index (χ1) is 12.4. The molecule has 1 aliphatic heterocycles. The number of fused-ring (bicyclic) bond motifs is 1. The number of amides is 1. The van der Waals surface area contributed by atoms with E-state index in [2.05, 4.69) is 5.32 Å². The second-order valence-electron chi connectivity index (χ2n) is 5.87. The third-order valence-corrected chi connectivity index (χ3v) is 5.20. The van der Waals surface area contributed by atoms with Gasteiger partial charge in [0.15, 0.2) is 0 Å². The summed E-state index contributed by atoms with van der Waals surface area (Å²) in [6, 6.07) is 12.6. The standard InChI is InChI=1S/C18H17N3O4S/c1-26(23,24)21(10-4-9-19)12-14-8-7-13(25-14)11-16-15-5-2-3-6-17(15)20-18(16)22/h2-3,5-8,11H,4,10,12H2,1H3,(H,20,22)/b16-11-. The fraction of sp³-hybridized carbons (Fsp3) is 0.222. The molecule has 1 amide bonds. The first-order valence-corrected chi connectivity index (χ1v) is 9.76. The minimum atomic E-state index is -3.45. The van der Waals surface area contributed by atoms with Crippen LogP contribution in [0.4, 0.5) is 5.69 Å². The molecule has 0 radical (unpaired) electrons. The molecule has 2 heterocycles. The Morgan fingerprint density at radius 2 is 2.04 bits per heavy atom. The number of carbonyl (C=O) groups is 1. The van der Waals surface area contributed by atoms with Crippen molar-refractivity contribution in [2.45, 2.75) is 13.0 Å². The summed E-state index contributed by atoms with van der Waals surface area (Å²) in [6.07, 6.45) is 2.82. The van der Waals surface area contributed by atoms with Crippen LogP contribution in [0.2, 0.25) is 0 Å². The van der Waals surface area contributed by atoms with Gasteiger partial charge < -0.3 is 9.73 Å². The van der Waals surface area contributed by atoms with Gasteiger partial charge in [-0.1, -0.05) is 18.2 Å². The number of sulfonamides is 1. The Balaban J connectivity index is 1.82. The maximum absolute atomic E-state index is 12.1. The Morgan fingerprint density at radius 3 is 2.77 bits per heavy atom. The third-order valence-electron chi connectivity index (χ3n) is 3.95. The molecule has 2 aromatic rings. The molecular weight excluding hydrogens is 354 g/mol. The maximum atomic E-state index is 12.1. The van der Waals surface area contributed by atoms with E-state index in [4.69, 9.17) is 9.68 Å². The lowest BCUT2D eigenvalue weighted by Crippen LogP contribution is -2.30. The molecule has 1 aromatic carbocycles. The molecule has 134 valence electrons. The Hall–Kier alpha value is -2.89. The van der Waals surface area contributed by atoms with Crippen molar-refractivity contribution in [3.63, 3.8) is 0 Å². The second kappa shape index (κ2) is 7.15. The summed E-state index contributed by atoms with van der Waals surface area (Å²) in [5.41, 5.74) is 2.03. The number of nitrogens with one attached hydrogen (secondary N) is 1. The van der Waals surface area contributed by atoms with E-state index in [0.29, 0.717) is 17.1 Å². The molecule has 1 aromatic heterocycles. The van der Waals surface area contributed by atoms with Gasteiger partial charge in [-0.2, -0.15) is 9.57 Å². The SMILES string of the molecule is CS(=O)(=O)N(CCC#N)Cc1ccc(/C=C2\C(=O)Nc3ccccc32)o1. The Labute approximate surface area is 151 Å². The number of benzene rings is 1. The van der Waals surface area contributed by atoms with Gasteiger partial charge in [0.1, 0.15) is 11.5 Å². The van der Waals surface area contributed by atoms with Crippen LogP contribution >= 0.6 is 0 Å². The zero-order chi connectivity index (χ0) is 18.7. The summed E-state index contributed by atoms with van der Waals surface area (Å²) in [5.74, 6) is 0.679. The van der Waals surface area contributed by atoms with Crippen LogP contribution in [0.15, 0.2) is 40.8 Å². The van der Waals surface area contributed by atoms with Crippen LogP contribution in [-0.2, 0) is 21.4 Å². The highest BCUT2D eigenvalue weighted by Gasteiger charge is 2.24. The lowest BCUT2D eigenvalue weighted by atomic mass is 10.1. The molecule has 0 aliphatic carbocycles. The van der Waals surface area contributed by atoms with Crippen LogP contribution in [-0.4, -0.2) is 31.4 Å². The molecule has 26 heavy (non-hydrogen) atoms. The van der Waals surface area contributed by atoms with Crippen molar-refractivity contribution in [1.82, 2.24) is 4.31 Å². The van der Waals surface area contributed by atoms with Crippen molar-refractivity contribution in [3.8, 4) is 6.07 Å². The van der Waals surface area contributed by atoms with Gasteiger partial charge in [-0.25, -0.2) is 8.42 Å². The van der Waals surface area contributed by atoms with E-state index in [0.717, 1.165) is 17.5 Å². The summed E-state index contributed by atoms with van der Waals surface area (Å²) < 4.78 is 30.5. The summed E-state index contributed by atoms with van der Waals surface area (Å²) in [6.45, 7) is 0.134. The number of hydrogen-bond donors (Lipinski definition) is 1. The molecule has 0 saturated carbocycles. The van der Waals surface area contributed by atoms with Crippen LogP contribution < -0.4 is 5.32 Å². The Morgan fingerprint density at radius 1 is 1.27 bits per heavy atom. The topological polar surface area (TPSA) is 103 Å². The van der Waals surface area contributed by atoms with E-state index >= 15 is 0 Å². The van der Waals surface area contributed by atoms with Gasteiger partial charge in [0.05, 0.1) is 24.4 Å². The van der Waals surface area contributed by atoms with Gasteiger partial charge in [0, 0.05) is 24.2 Å². The van der Waals surface area contributed by atoms with Crippen LogP contribution in [0.5, 0.6) is 0 Å². The summed E-state index contributed by atoms with van der Waals surface area (Å²) in [5, 5.41) is 11.5. The van der Waals surface area contributed by atoms with Crippen molar-refractivity contribution < 1.29 is 17.6 Å². The van der Waals surface area contributed by atoms with Crippen LogP contribution in [0.1, 0.15) is 23.5 Å². The molecule has 3 rings (SSSR count). The minimum absolute atomic E-state index is 0.0342. The number of nitriles is 1. The second-order valence-corrected chi connectivity index (χ2v) is 7.85. The zero-order valence-corrected chi connectivity index (χ0v) is 14.9. The van der Waals surface area contributed by atoms with E-state index in [1.807, 2.05) is 30.3 Å². The van der Waals surface area contributed by atoms with E-state index in [-0.39, 0.29) is 25.4 Å². The number of nitrogens with zero attached hydrogens (tertiary/aromatic N) is 2. The fourth-order valence-corrected chi connectivity index (χ4v) is 3.48. The molecule has 0 fully saturated rings. The van der Waals surface area contributed by atoms with Crippen molar-refractivity contribution in [1.29, 1.82) is 5.26 Å². The number of para-hydroxylation sites is 1. The lowest BCUT2D eigenvalue weighted by molar-refractivity contribution is -0.110.